The second kappa shape index (κ2) is 6.75. The minimum Gasteiger partial charge on any atom is -0.383 e. The molecule has 0 spiro atoms. The Hall–Kier alpha value is -1.07. The summed E-state index contributed by atoms with van der Waals surface area (Å²) in [6.45, 7) is 2.85. The highest BCUT2D eigenvalue weighted by atomic mass is 35.5. The van der Waals surface area contributed by atoms with Crippen LogP contribution in [0.25, 0.3) is 0 Å². The second-order valence-electron chi connectivity index (χ2n) is 4.25. The standard InChI is InChI=1S/C12H20ClN3O2/c1-5-11-10(7-16(3)14-11)12(17)15(2)6-9(13)8-18-4/h7,9H,5-6,8H2,1-4H3. The molecule has 1 amide bonds. The maximum Gasteiger partial charge on any atom is 0.257 e. The van der Waals surface area contributed by atoms with Crippen molar-refractivity contribution in [1.82, 2.24) is 14.7 Å². The van der Waals surface area contributed by atoms with Crippen LogP contribution in [-0.2, 0) is 18.2 Å². The Morgan fingerprint density at radius 3 is 2.89 bits per heavy atom. The van der Waals surface area contributed by atoms with Gasteiger partial charge in [-0.2, -0.15) is 5.10 Å². The fourth-order valence-electron chi connectivity index (χ4n) is 1.79. The van der Waals surface area contributed by atoms with Gasteiger partial charge < -0.3 is 9.64 Å². The SMILES string of the molecule is CCc1nn(C)cc1C(=O)N(C)CC(Cl)COC. The molecule has 1 rings (SSSR count). The van der Waals surface area contributed by atoms with Crippen molar-refractivity contribution in [3.05, 3.63) is 17.5 Å². The summed E-state index contributed by atoms with van der Waals surface area (Å²) in [6.07, 6.45) is 2.48. The van der Waals surface area contributed by atoms with Gasteiger partial charge in [-0.15, -0.1) is 11.6 Å². The van der Waals surface area contributed by atoms with Crippen LogP contribution in [0.4, 0.5) is 0 Å². The largest absolute Gasteiger partial charge is 0.383 e. The first kappa shape index (κ1) is 15.0. The van der Waals surface area contributed by atoms with Gasteiger partial charge in [0.15, 0.2) is 0 Å². The first-order valence-electron chi connectivity index (χ1n) is 5.90. The average molecular weight is 274 g/mol. The monoisotopic (exact) mass is 273 g/mol. The third kappa shape index (κ3) is 3.71. The molecule has 0 aliphatic rings. The molecule has 18 heavy (non-hydrogen) atoms. The predicted molar refractivity (Wildman–Crippen MR) is 71.1 cm³/mol. The average Bonchev–Trinajstić information content (AvgIpc) is 2.69. The Bertz CT molecular complexity index is 406. The molecule has 6 heteroatoms. The summed E-state index contributed by atoms with van der Waals surface area (Å²) >= 11 is 6.05. The number of rotatable bonds is 6. The Labute approximate surface area is 113 Å². The Balaban J connectivity index is 2.73. The van der Waals surface area contributed by atoms with Gasteiger partial charge in [0.2, 0.25) is 0 Å². The molecule has 0 fully saturated rings. The van der Waals surface area contributed by atoms with Crippen molar-refractivity contribution >= 4 is 17.5 Å². The number of hydrogen-bond donors (Lipinski definition) is 0. The van der Waals surface area contributed by atoms with Crippen molar-refractivity contribution in [3.8, 4) is 0 Å². The minimum atomic E-state index is -0.203. The molecule has 5 nitrogen and oxygen atoms in total. The zero-order chi connectivity index (χ0) is 13.7. The van der Waals surface area contributed by atoms with Gasteiger partial charge >= 0.3 is 0 Å². The summed E-state index contributed by atoms with van der Waals surface area (Å²) in [5.74, 6) is -0.0540. The Kier molecular flexibility index (Phi) is 5.62. The normalized spacial score (nSPS) is 12.5. The van der Waals surface area contributed by atoms with Crippen LogP contribution in [0.5, 0.6) is 0 Å². The molecule has 1 unspecified atom stereocenters. The van der Waals surface area contributed by atoms with E-state index in [1.54, 1.807) is 29.9 Å². The lowest BCUT2D eigenvalue weighted by atomic mass is 10.2. The van der Waals surface area contributed by atoms with E-state index in [0.717, 1.165) is 12.1 Å². The summed E-state index contributed by atoms with van der Waals surface area (Å²) in [5.41, 5.74) is 1.45. The first-order valence-corrected chi connectivity index (χ1v) is 6.34. The van der Waals surface area contributed by atoms with E-state index in [-0.39, 0.29) is 11.3 Å². The van der Waals surface area contributed by atoms with E-state index < -0.39 is 0 Å². The maximum absolute atomic E-state index is 12.3. The van der Waals surface area contributed by atoms with Gasteiger partial charge in [0.05, 0.1) is 23.2 Å². The van der Waals surface area contributed by atoms with E-state index in [1.165, 1.54) is 0 Å². The van der Waals surface area contributed by atoms with Crippen LogP contribution in [0.1, 0.15) is 23.0 Å². The first-order chi connectivity index (χ1) is 8.49. The van der Waals surface area contributed by atoms with E-state index >= 15 is 0 Å². The van der Waals surface area contributed by atoms with Crippen molar-refractivity contribution in [2.45, 2.75) is 18.7 Å². The third-order valence-corrected chi connectivity index (χ3v) is 2.90. The molecule has 1 aromatic heterocycles. The quantitative estimate of drug-likeness (QED) is 0.734. The number of amides is 1. The molecule has 0 bridgehead atoms. The number of methoxy groups -OCH3 is 1. The zero-order valence-corrected chi connectivity index (χ0v) is 12.1. The molecule has 1 aromatic rings. The van der Waals surface area contributed by atoms with Crippen molar-refractivity contribution < 1.29 is 9.53 Å². The van der Waals surface area contributed by atoms with Crippen LogP contribution < -0.4 is 0 Å². The Morgan fingerprint density at radius 1 is 1.67 bits per heavy atom. The maximum atomic E-state index is 12.3. The van der Waals surface area contributed by atoms with Gasteiger partial charge in [0, 0.05) is 33.9 Å². The summed E-state index contributed by atoms with van der Waals surface area (Å²) in [5, 5.41) is 4.06. The summed E-state index contributed by atoms with van der Waals surface area (Å²) < 4.78 is 6.61. The molecule has 0 saturated heterocycles. The summed E-state index contributed by atoms with van der Waals surface area (Å²) in [6, 6.07) is 0. The van der Waals surface area contributed by atoms with Crippen LogP contribution >= 0.6 is 11.6 Å². The van der Waals surface area contributed by atoms with Gasteiger partial charge in [-0.1, -0.05) is 6.92 Å². The molecule has 0 radical (unpaired) electrons. The van der Waals surface area contributed by atoms with Gasteiger partial charge in [0.1, 0.15) is 0 Å². The highest BCUT2D eigenvalue weighted by Crippen LogP contribution is 2.11. The smallest absolute Gasteiger partial charge is 0.257 e. The van der Waals surface area contributed by atoms with E-state index in [2.05, 4.69) is 5.10 Å². The van der Waals surface area contributed by atoms with Gasteiger partial charge in [-0.05, 0) is 6.42 Å². The molecule has 0 saturated carbocycles. The molecule has 0 aliphatic carbocycles. The topological polar surface area (TPSA) is 47.4 Å². The van der Waals surface area contributed by atoms with Crippen molar-refractivity contribution in [2.75, 3.05) is 27.3 Å². The lowest BCUT2D eigenvalue weighted by molar-refractivity contribution is 0.0780. The molecule has 102 valence electrons. The summed E-state index contributed by atoms with van der Waals surface area (Å²) in [4.78, 5) is 13.9. The number of carbonyl (C=O) groups excluding carboxylic acids is 1. The molecule has 1 heterocycles. The van der Waals surface area contributed by atoms with E-state index in [1.807, 2.05) is 14.0 Å². The van der Waals surface area contributed by atoms with Crippen LogP contribution in [0.3, 0.4) is 0 Å². The number of aromatic nitrogens is 2. The summed E-state index contributed by atoms with van der Waals surface area (Å²) in [7, 11) is 5.14. The van der Waals surface area contributed by atoms with Crippen LogP contribution in [0, 0.1) is 0 Å². The van der Waals surface area contributed by atoms with Gasteiger partial charge in [-0.3, -0.25) is 9.48 Å². The fourth-order valence-corrected chi connectivity index (χ4v) is 2.13. The van der Waals surface area contributed by atoms with E-state index in [0.29, 0.717) is 18.7 Å². The third-order valence-electron chi connectivity index (χ3n) is 2.64. The van der Waals surface area contributed by atoms with Crippen LogP contribution in [-0.4, -0.2) is 53.3 Å². The number of nitrogens with zero attached hydrogens (tertiary/aromatic N) is 3. The number of halogens is 1. The van der Waals surface area contributed by atoms with Gasteiger partial charge in [0.25, 0.3) is 5.91 Å². The highest BCUT2D eigenvalue weighted by Gasteiger charge is 2.20. The molecule has 0 N–H and O–H groups in total. The molecule has 1 atom stereocenters. The number of alkyl halides is 1. The zero-order valence-electron chi connectivity index (χ0n) is 11.3. The molecular weight excluding hydrogens is 254 g/mol. The van der Waals surface area contributed by atoms with Crippen molar-refractivity contribution in [2.24, 2.45) is 7.05 Å². The molecule has 0 aliphatic heterocycles. The Morgan fingerprint density at radius 2 is 2.33 bits per heavy atom. The van der Waals surface area contributed by atoms with Crippen LogP contribution in [0.2, 0.25) is 0 Å². The number of ether oxygens (including phenoxy) is 1. The highest BCUT2D eigenvalue weighted by molar-refractivity contribution is 6.21. The number of carbonyl (C=O) groups is 1. The van der Waals surface area contributed by atoms with E-state index in [9.17, 15) is 4.79 Å². The van der Waals surface area contributed by atoms with Gasteiger partial charge in [-0.25, -0.2) is 0 Å². The number of hydrogen-bond acceptors (Lipinski definition) is 3. The second-order valence-corrected chi connectivity index (χ2v) is 4.87. The lowest BCUT2D eigenvalue weighted by Gasteiger charge is -2.19. The number of aryl methyl sites for hydroxylation is 2. The molecule has 0 aromatic carbocycles. The van der Waals surface area contributed by atoms with E-state index in [4.69, 9.17) is 16.3 Å². The van der Waals surface area contributed by atoms with Crippen LogP contribution in [0.15, 0.2) is 6.20 Å². The molecular formula is C12H20ClN3O2. The fraction of sp³-hybridized carbons (Fsp3) is 0.667. The minimum absolute atomic E-state index is 0.0540. The lowest BCUT2D eigenvalue weighted by Crippen LogP contribution is -2.34. The van der Waals surface area contributed by atoms with Crippen molar-refractivity contribution in [3.63, 3.8) is 0 Å². The van der Waals surface area contributed by atoms with Crippen molar-refractivity contribution in [1.29, 1.82) is 0 Å². The predicted octanol–water partition coefficient (Wildman–Crippen LogP) is 1.31.